The molecule has 0 nitrogen and oxygen atoms in total. The molecule has 0 radical (unpaired) electrons. The van der Waals surface area contributed by atoms with Gasteiger partial charge in [0.25, 0.3) is 0 Å². The average Bonchev–Trinajstić information content (AvgIpc) is 1.59. The van der Waals surface area contributed by atoms with Gasteiger partial charge in [-0.3, -0.25) is 0 Å². The van der Waals surface area contributed by atoms with Crippen LogP contribution in [-0.2, 0) is 0 Å². The molecule has 10 heavy (non-hydrogen) atoms. The Balaban J connectivity index is 3.98. The van der Waals surface area contributed by atoms with Crippen molar-refractivity contribution < 1.29 is 0 Å². The van der Waals surface area contributed by atoms with E-state index in [-0.39, 0.29) is 0 Å². The first kappa shape index (κ1) is 10.9. The van der Waals surface area contributed by atoms with Crippen molar-refractivity contribution in [2.24, 2.45) is 0 Å². The van der Waals surface area contributed by atoms with Gasteiger partial charge in [-0.25, -0.2) is 0 Å². The summed E-state index contributed by atoms with van der Waals surface area (Å²) in [4.78, 5) is 0. The fraction of sp³-hybridized carbons (Fsp3) is 1.00. The van der Waals surface area contributed by atoms with Crippen molar-refractivity contribution in [3.05, 3.63) is 0 Å². The van der Waals surface area contributed by atoms with E-state index in [9.17, 15) is 0 Å². The van der Waals surface area contributed by atoms with Gasteiger partial charge >= 0.3 is 74.7 Å². The predicted octanol–water partition coefficient (Wildman–Crippen LogP) is 3.71. The van der Waals surface area contributed by atoms with Crippen molar-refractivity contribution in [3.63, 3.8) is 0 Å². The fourth-order valence-corrected chi connectivity index (χ4v) is 20.3. The molecule has 0 bridgehead atoms. The summed E-state index contributed by atoms with van der Waals surface area (Å²) in [5.74, 6) is 0. The van der Waals surface area contributed by atoms with Crippen LogP contribution >= 0.6 is 0 Å². The molecule has 0 atom stereocenters. The Kier molecular flexibility index (Phi) is 5.17. The van der Waals surface area contributed by atoms with Crippen LogP contribution in [-0.4, -0.2) is 22.7 Å². The SMILES string of the molecule is C[CH](C)[Tl]([CH](C)C)[CH](C)C. The number of hydrogen-bond acceptors (Lipinski definition) is 0. The molecular formula is C9H21Tl. The van der Waals surface area contributed by atoms with E-state index in [2.05, 4.69) is 41.5 Å². The summed E-state index contributed by atoms with van der Waals surface area (Å²) in [5.41, 5.74) is 0. The average molecular weight is 334 g/mol. The molecule has 0 aliphatic heterocycles. The van der Waals surface area contributed by atoms with E-state index in [1.54, 1.807) is 0 Å². The molecule has 0 saturated carbocycles. The van der Waals surface area contributed by atoms with Gasteiger partial charge in [-0.2, -0.15) is 0 Å². The van der Waals surface area contributed by atoms with Crippen LogP contribution in [0.3, 0.4) is 0 Å². The Labute approximate surface area is 74.5 Å². The van der Waals surface area contributed by atoms with Crippen LogP contribution in [0.1, 0.15) is 41.5 Å². The molecule has 0 unspecified atom stereocenters. The van der Waals surface area contributed by atoms with Crippen LogP contribution in [0.25, 0.3) is 0 Å². The Bertz CT molecular complexity index is 65.7. The molecule has 0 aliphatic carbocycles. The van der Waals surface area contributed by atoms with E-state index >= 15 is 0 Å². The molecule has 0 N–H and O–H groups in total. The fourth-order valence-electron chi connectivity index (χ4n) is 2.31. The van der Waals surface area contributed by atoms with Crippen molar-refractivity contribution in [2.75, 3.05) is 0 Å². The summed E-state index contributed by atoms with van der Waals surface area (Å²) < 4.78 is 3.17. The standard InChI is InChI=1S/3C3H7.Tl/c3*1-3-2;/h3*3H,1-2H3;. The van der Waals surface area contributed by atoms with Gasteiger partial charge in [-0.1, -0.05) is 0 Å². The molecule has 1 heteroatoms. The Morgan fingerprint density at radius 3 is 0.800 bits per heavy atom. The monoisotopic (exact) mass is 334 g/mol. The normalized spacial score (nSPS) is 11.7. The topological polar surface area (TPSA) is 0 Å². The molecule has 0 saturated heterocycles. The zero-order valence-corrected chi connectivity index (χ0v) is 12.8. The Morgan fingerprint density at radius 2 is 0.800 bits per heavy atom. The molecule has 0 rings (SSSR count). The summed E-state index contributed by atoms with van der Waals surface area (Å²) in [7, 11) is 0. The van der Waals surface area contributed by atoms with Crippen LogP contribution in [0, 0.1) is 0 Å². The number of rotatable bonds is 3. The number of hydrogen-bond donors (Lipinski definition) is 0. The third-order valence-electron chi connectivity index (χ3n) is 2.31. The molecule has 0 heterocycles. The van der Waals surface area contributed by atoms with Gasteiger partial charge < -0.3 is 0 Å². The summed E-state index contributed by atoms with van der Waals surface area (Å²) in [5, 5.41) is 0. The quantitative estimate of drug-likeness (QED) is 0.691. The molecule has 0 aromatic heterocycles. The van der Waals surface area contributed by atoms with Crippen LogP contribution in [0.4, 0.5) is 0 Å². The molecule has 0 aromatic rings. The van der Waals surface area contributed by atoms with Crippen LogP contribution in [0.5, 0.6) is 0 Å². The van der Waals surface area contributed by atoms with E-state index in [0.717, 1.165) is 10.4 Å². The van der Waals surface area contributed by atoms with E-state index in [4.69, 9.17) is 0 Å². The van der Waals surface area contributed by atoms with Crippen molar-refractivity contribution in [1.29, 1.82) is 0 Å². The van der Waals surface area contributed by atoms with Gasteiger partial charge in [0, 0.05) is 0 Å². The predicted molar refractivity (Wildman–Crippen MR) is 51.0 cm³/mol. The molecule has 0 spiro atoms. The molecular weight excluding hydrogens is 312 g/mol. The first-order valence-corrected chi connectivity index (χ1v) is 12.2. The summed E-state index contributed by atoms with van der Waals surface area (Å²) >= 11 is -1.26. The van der Waals surface area contributed by atoms with Crippen molar-refractivity contribution in [1.82, 2.24) is 0 Å². The minimum atomic E-state index is -1.26. The van der Waals surface area contributed by atoms with Gasteiger partial charge in [0.05, 0.1) is 0 Å². The van der Waals surface area contributed by atoms with Gasteiger partial charge in [-0.05, 0) is 0 Å². The van der Waals surface area contributed by atoms with Crippen molar-refractivity contribution >= 4 is 22.7 Å². The summed E-state index contributed by atoms with van der Waals surface area (Å²) in [6.07, 6.45) is 0. The first-order valence-electron chi connectivity index (χ1n) is 4.46. The van der Waals surface area contributed by atoms with Crippen molar-refractivity contribution in [3.8, 4) is 0 Å². The molecule has 60 valence electrons. The van der Waals surface area contributed by atoms with Crippen LogP contribution in [0.15, 0.2) is 0 Å². The van der Waals surface area contributed by atoms with Crippen LogP contribution in [0.2, 0.25) is 10.4 Å². The van der Waals surface area contributed by atoms with Gasteiger partial charge in [0.2, 0.25) is 0 Å². The maximum absolute atomic E-state index is 2.42. The van der Waals surface area contributed by atoms with E-state index < -0.39 is 22.7 Å². The Morgan fingerprint density at radius 1 is 0.600 bits per heavy atom. The molecule has 0 fully saturated rings. The van der Waals surface area contributed by atoms with E-state index in [0.29, 0.717) is 0 Å². The molecule has 0 amide bonds. The minimum absolute atomic E-state index is 1.06. The van der Waals surface area contributed by atoms with E-state index in [1.807, 2.05) is 0 Å². The van der Waals surface area contributed by atoms with Gasteiger partial charge in [-0.15, -0.1) is 0 Å². The third kappa shape index (κ3) is 3.35. The first-order chi connectivity index (χ1) is 4.46. The zero-order valence-electron chi connectivity index (χ0n) is 8.31. The molecule has 0 aromatic carbocycles. The maximum atomic E-state index is 2.42. The van der Waals surface area contributed by atoms with Crippen LogP contribution < -0.4 is 0 Å². The summed E-state index contributed by atoms with van der Waals surface area (Å²) in [6.45, 7) is 14.5. The van der Waals surface area contributed by atoms with Gasteiger partial charge in [0.1, 0.15) is 0 Å². The summed E-state index contributed by atoms with van der Waals surface area (Å²) in [6, 6.07) is 0. The van der Waals surface area contributed by atoms with Gasteiger partial charge in [0.15, 0.2) is 0 Å². The third-order valence-corrected chi connectivity index (χ3v) is 20.3. The zero-order chi connectivity index (χ0) is 8.31. The second-order valence-electron chi connectivity index (χ2n) is 4.31. The molecule has 0 aliphatic rings. The second-order valence-corrected chi connectivity index (χ2v) is 24.3. The van der Waals surface area contributed by atoms with E-state index in [1.165, 1.54) is 0 Å². The Hall–Kier alpha value is 0.922. The second kappa shape index (κ2) is 4.73. The van der Waals surface area contributed by atoms with Crippen molar-refractivity contribution in [2.45, 2.75) is 52.0 Å².